The summed E-state index contributed by atoms with van der Waals surface area (Å²) < 4.78 is 66.2. The normalized spacial score (nSPS) is 11.3. The van der Waals surface area contributed by atoms with E-state index in [-0.39, 0.29) is 22.7 Å². The van der Waals surface area contributed by atoms with E-state index in [0.717, 1.165) is 18.3 Å². The zero-order valence-electron chi connectivity index (χ0n) is 15.7. The van der Waals surface area contributed by atoms with Crippen LogP contribution in [0.1, 0.15) is 16.8 Å². The summed E-state index contributed by atoms with van der Waals surface area (Å²) in [6, 6.07) is 10.7. The molecular formula is C22H16F5N3. The third kappa shape index (κ3) is 4.37. The molecule has 0 aliphatic carbocycles. The summed E-state index contributed by atoms with van der Waals surface area (Å²) in [5, 5.41) is 11.1. The van der Waals surface area contributed by atoms with E-state index in [1.165, 1.54) is 24.3 Å². The fourth-order valence-corrected chi connectivity index (χ4v) is 2.85. The first-order valence-corrected chi connectivity index (χ1v) is 8.71. The minimum Gasteiger partial charge on any atom is -0.354 e. The Morgan fingerprint density at radius 3 is 2.50 bits per heavy atom. The number of allylic oxidation sites excluding steroid dienone is 1. The van der Waals surface area contributed by atoms with Crippen molar-refractivity contribution < 1.29 is 22.0 Å². The Labute approximate surface area is 169 Å². The summed E-state index contributed by atoms with van der Waals surface area (Å²) in [6.45, 7) is 5.44. The molecule has 0 spiro atoms. The Morgan fingerprint density at radius 2 is 1.80 bits per heavy atom. The number of pyridine rings is 1. The van der Waals surface area contributed by atoms with E-state index in [1.54, 1.807) is 19.1 Å². The van der Waals surface area contributed by atoms with Gasteiger partial charge in [0.25, 0.3) is 0 Å². The number of hydrogen-bond donors (Lipinski definition) is 2. The average molecular weight is 417 g/mol. The van der Waals surface area contributed by atoms with Gasteiger partial charge in [0.15, 0.2) is 11.6 Å². The van der Waals surface area contributed by atoms with Gasteiger partial charge >= 0.3 is 6.18 Å². The van der Waals surface area contributed by atoms with Crippen LogP contribution in [0.2, 0.25) is 0 Å². The molecule has 0 aliphatic heterocycles. The number of benzene rings is 2. The molecule has 30 heavy (non-hydrogen) atoms. The minimum atomic E-state index is -4.60. The van der Waals surface area contributed by atoms with E-state index < -0.39 is 23.5 Å². The second kappa shape index (κ2) is 8.06. The highest BCUT2D eigenvalue weighted by Crippen LogP contribution is 2.30. The van der Waals surface area contributed by atoms with E-state index in [0.29, 0.717) is 16.7 Å². The van der Waals surface area contributed by atoms with Gasteiger partial charge in [-0.25, -0.2) is 8.78 Å². The van der Waals surface area contributed by atoms with Crippen molar-refractivity contribution >= 4 is 11.4 Å². The molecule has 154 valence electrons. The van der Waals surface area contributed by atoms with Crippen molar-refractivity contribution in [2.45, 2.75) is 13.1 Å². The molecule has 3 aromatic rings. The Bertz CT molecular complexity index is 1140. The number of aryl methyl sites for hydroxylation is 1. The fraction of sp³-hybridized carbons (Fsp3) is 0.0909. The molecule has 2 N–H and O–H groups in total. The van der Waals surface area contributed by atoms with Crippen LogP contribution in [0.3, 0.4) is 0 Å². The van der Waals surface area contributed by atoms with Gasteiger partial charge in [-0.05, 0) is 42.3 Å². The van der Waals surface area contributed by atoms with Gasteiger partial charge in [-0.15, -0.1) is 0 Å². The fourth-order valence-electron chi connectivity index (χ4n) is 2.85. The average Bonchev–Trinajstić information content (AvgIpc) is 2.69. The number of alkyl halides is 3. The van der Waals surface area contributed by atoms with Crippen molar-refractivity contribution in [2.75, 3.05) is 5.32 Å². The number of anilines is 1. The largest absolute Gasteiger partial charge is 0.433 e. The second-order valence-electron chi connectivity index (χ2n) is 6.54. The quantitative estimate of drug-likeness (QED) is 0.376. The van der Waals surface area contributed by atoms with E-state index in [4.69, 9.17) is 5.41 Å². The van der Waals surface area contributed by atoms with Gasteiger partial charge in [0.05, 0.1) is 11.4 Å². The Balaban J connectivity index is 1.90. The van der Waals surface area contributed by atoms with Gasteiger partial charge in [0.1, 0.15) is 5.69 Å². The number of nitrogens with zero attached hydrogens (tertiary/aromatic N) is 1. The molecule has 0 atom stereocenters. The lowest BCUT2D eigenvalue weighted by Crippen LogP contribution is -2.14. The highest BCUT2D eigenvalue weighted by molar-refractivity contribution is 6.13. The smallest absolute Gasteiger partial charge is 0.354 e. The molecule has 0 amide bonds. The van der Waals surface area contributed by atoms with E-state index in [9.17, 15) is 22.0 Å². The third-order valence-electron chi connectivity index (χ3n) is 4.42. The molecule has 0 saturated carbocycles. The van der Waals surface area contributed by atoms with Gasteiger partial charge < -0.3 is 5.32 Å². The highest BCUT2D eigenvalue weighted by Gasteiger charge is 2.32. The van der Waals surface area contributed by atoms with Crippen LogP contribution in [-0.2, 0) is 6.18 Å². The number of aromatic nitrogens is 1. The summed E-state index contributed by atoms with van der Waals surface area (Å²) >= 11 is 0. The van der Waals surface area contributed by atoms with Gasteiger partial charge in [-0.3, -0.25) is 10.4 Å². The molecule has 3 nitrogen and oxygen atoms in total. The Kier molecular flexibility index (Phi) is 5.69. The van der Waals surface area contributed by atoms with Crippen molar-refractivity contribution in [1.29, 1.82) is 5.41 Å². The maximum atomic E-state index is 14.1. The standard InChI is InChI=1S/C22H16F5N3/c1-12-6-7-14(16-4-3-5-18(23)20(16)24)10-17(12)21(28)13(2)30-15-8-9-29-19(11-15)22(25,26)27/h3-11,28H,2H2,1H3,(H,29,30). The van der Waals surface area contributed by atoms with Crippen molar-refractivity contribution in [3.63, 3.8) is 0 Å². The van der Waals surface area contributed by atoms with E-state index in [2.05, 4.69) is 16.9 Å². The van der Waals surface area contributed by atoms with Crippen LogP contribution in [0.15, 0.2) is 67.0 Å². The number of rotatable bonds is 5. The van der Waals surface area contributed by atoms with Crippen LogP contribution in [0.5, 0.6) is 0 Å². The molecule has 0 radical (unpaired) electrons. The topological polar surface area (TPSA) is 48.8 Å². The number of nitrogens with one attached hydrogen (secondary N) is 2. The zero-order valence-corrected chi connectivity index (χ0v) is 15.7. The number of halogens is 5. The molecule has 0 saturated heterocycles. The summed E-state index contributed by atoms with van der Waals surface area (Å²) in [5.74, 6) is -2.00. The monoisotopic (exact) mass is 417 g/mol. The van der Waals surface area contributed by atoms with Crippen molar-refractivity contribution in [3.05, 3.63) is 95.5 Å². The zero-order chi connectivity index (χ0) is 22.1. The molecule has 0 unspecified atom stereocenters. The Hall–Kier alpha value is -3.55. The molecule has 3 rings (SSSR count). The maximum absolute atomic E-state index is 14.1. The highest BCUT2D eigenvalue weighted by atomic mass is 19.4. The molecule has 0 bridgehead atoms. The van der Waals surface area contributed by atoms with Crippen LogP contribution >= 0.6 is 0 Å². The summed E-state index contributed by atoms with van der Waals surface area (Å²) in [4.78, 5) is 3.28. The van der Waals surface area contributed by atoms with Gasteiger partial charge in [0, 0.05) is 23.0 Å². The Morgan fingerprint density at radius 1 is 1.07 bits per heavy atom. The molecule has 2 aromatic carbocycles. The molecule has 0 aliphatic rings. The maximum Gasteiger partial charge on any atom is 0.433 e. The molecule has 1 aromatic heterocycles. The molecule has 8 heteroatoms. The first kappa shape index (κ1) is 21.2. The minimum absolute atomic E-state index is 0.0339. The SMILES string of the molecule is C=C(Nc1ccnc(C(F)(F)F)c1)C(=N)c1cc(-c2cccc(F)c2F)ccc1C. The number of hydrogen-bond acceptors (Lipinski definition) is 3. The summed E-state index contributed by atoms with van der Waals surface area (Å²) in [7, 11) is 0. The summed E-state index contributed by atoms with van der Waals surface area (Å²) in [6.07, 6.45) is -3.60. The lowest BCUT2D eigenvalue weighted by molar-refractivity contribution is -0.141. The molecular weight excluding hydrogens is 401 g/mol. The predicted octanol–water partition coefficient (Wildman–Crippen LogP) is 6.35. The molecule has 0 fully saturated rings. The van der Waals surface area contributed by atoms with Gasteiger partial charge in [-0.1, -0.05) is 30.8 Å². The van der Waals surface area contributed by atoms with E-state index in [1.807, 2.05) is 0 Å². The third-order valence-corrected chi connectivity index (χ3v) is 4.42. The van der Waals surface area contributed by atoms with Crippen LogP contribution in [0.25, 0.3) is 11.1 Å². The van der Waals surface area contributed by atoms with Crippen molar-refractivity contribution in [1.82, 2.24) is 4.98 Å². The van der Waals surface area contributed by atoms with Crippen LogP contribution in [0, 0.1) is 24.0 Å². The first-order valence-electron chi connectivity index (χ1n) is 8.71. The van der Waals surface area contributed by atoms with Gasteiger partial charge in [0.2, 0.25) is 0 Å². The van der Waals surface area contributed by atoms with Crippen LogP contribution in [-0.4, -0.2) is 10.7 Å². The molecule has 1 heterocycles. The predicted molar refractivity (Wildman–Crippen MR) is 105 cm³/mol. The van der Waals surface area contributed by atoms with E-state index >= 15 is 0 Å². The summed E-state index contributed by atoms with van der Waals surface area (Å²) in [5.41, 5.74) is 0.349. The van der Waals surface area contributed by atoms with Gasteiger partial charge in [-0.2, -0.15) is 13.2 Å². The van der Waals surface area contributed by atoms with Crippen molar-refractivity contribution in [3.8, 4) is 11.1 Å². The van der Waals surface area contributed by atoms with Crippen LogP contribution < -0.4 is 5.32 Å². The lowest BCUT2D eigenvalue weighted by atomic mass is 9.95. The first-order chi connectivity index (χ1) is 14.1. The lowest BCUT2D eigenvalue weighted by Gasteiger charge is -2.15. The second-order valence-corrected chi connectivity index (χ2v) is 6.54. The van der Waals surface area contributed by atoms with Crippen molar-refractivity contribution in [2.24, 2.45) is 0 Å². The van der Waals surface area contributed by atoms with Crippen LogP contribution in [0.4, 0.5) is 27.6 Å².